The molecule has 29 heavy (non-hydrogen) atoms. The van der Waals surface area contributed by atoms with Crippen LogP contribution in [0.3, 0.4) is 0 Å². The fraction of sp³-hybridized carbons (Fsp3) is 0.421. The Bertz CT molecular complexity index is 882. The van der Waals surface area contributed by atoms with Gasteiger partial charge in [-0.2, -0.15) is 0 Å². The van der Waals surface area contributed by atoms with Crippen LogP contribution in [0.4, 0.5) is 5.13 Å². The van der Waals surface area contributed by atoms with Gasteiger partial charge in [0.2, 0.25) is 11.8 Å². The largest absolute Gasteiger partial charge is 0.486 e. The molecule has 1 aromatic heterocycles. The average Bonchev–Trinajstić information content (AvgIpc) is 3.22. The van der Waals surface area contributed by atoms with Gasteiger partial charge in [-0.1, -0.05) is 0 Å². The van der Waals surface area contributed by atoms with Crippen LogP contribution >= 0.6 is 23.1 Å². The zero-order valence-electron chi connectivity index (χ0n) is 15.7. The Balaban J connectivity index is 1.26. The molecule has 8 nitrogen and oxygen atoms in total. The van der Waals surface area contributed by atoms with Crippen LogP contribution in [-0.2, 0) is 14.3 Å². The Labute approximate surface area is 176 Å². The predicted octanol–water partition coefficient (Wildman–Crippen LogP) is 2.11. The summed E-state index contributed by atoms with van der Waals surface area (Å²) in [7, 11) is 0. The molecule has 1 aromatic carbocycles. The molecule has 0 bridgehead atoms. The number of carbonyl (C=O) groups excluding carboxylic acids is 2. The van der Waals surface area contributed by atoms with Gasteiger partial charge in [0.05, 0.1) is 30.4 Å². The summed E-state index contributed by atoms with van der Waals surface area (Å²) in [6, 6.07) is 5.67. The van der Waals surface area contributed by atoms with Gasteiger partial charge in [0.25, 0.3) is 0 Å². The van der Waals surface area contributed by atoms with E-state index < -0.39 is 0 Å². The van der Waals surface area contributed by atoms with Crippen LogP contribution in [0.25, 0.3) is 11.3 Å². The number of anilines is 1. The topological polar surface area (TPSA) is 90.0 Å². The quantitative estimate of drug-likeness (QED) is 0.743. The number of thioether (sulfide) groups is 1. The third kappa shape index (κ3) is 5.20. The van der Waals surface area contributed by atoms with Crippen molar-refractivity contribution in [2.75, 3.05) is 56.3 Å². The van der Waals surface area contributed by atoms with Crippen LogP contribution in [0.1, 0.15) is 0 Å². The minimum Gasteiger partial charge on any atom is -0.486 e. The highest BCUT2D eigenvalue weighted by Crippen LogP contribution is 2.35. The van der Waals surface area contributed by atoms with Gasteiger partial charge < -0.3 is 24.4 Å². The number of hydrogen-bond acceptors (Lipinski definition) is 8. The van der Waals surface area contributed by atoms with Gasteiger partial charge in [0.15, 0.2) is 16.6 Å². The summed E-state index contributed by atoms with van der Waals surface area (Å²) in [5.74, 6) is 1.79. The van der Waals surface area contributed by atoms with Crippen molar-refractivity contribution in [2.24, 2.45) is 0 Å². The molecule has 0 atom stereocenters. The molecule has 2 aromatic rings. The van der Waals surface area contributed by atoms with Gasteiger partial charge in [-0.05, 0) is 18.2 Å². The van der Waals surface area contributed by atoms with E-state index in [4.69, 9.17) is 14.2 Å². The lowest BCUT2D eigenvalue weighted by Crippen LogP contribution is -2.41. The molecule has 2 aliphatic rings. The molecule has 1 fully saturated rings. The van der Waals surface area contributed by atoms with Crippen molar-refractivity contribution in [2.45, 2.75) is 0 Å². The number of thiazole rings is 1. The van der Waals surface area contributed by atoms with E-state index in [2.05, 4.69) is 10.3 Å². The molecule has 3 heterocycles. The normalized spacial score (nSPS) is 15.8. The fourth-order valence-electron chi connectivity index (χ4n) is 2.96. The number of nitrogens with one attached hydrogen (secondary N) is 1. The number of ether oxygens (including phenoxy) is 3. The van der Waals surface area contributed by atoms with Gasteiger partial charge in [0, 0.05) is 24.0 Å². The lowest BCUT2D eigenvalue weighted by molar-refractivity contribution is -0.132. The van der Waals surface area contributed by atoms with Crippen LogP contribution in [0.2, 0.25) is 0 Å². The first kappa shape index (κ1) is 20.0. The maximum absolute atomic E-state index is 12.2. The van der Waals surface area contributed by atoms with Gasteiger partial charge in [-0.25, -0.2) is 4.98 Å². The van der Waals surface area contributed by atoms with E-state index in [9.17, 15) is 9.59 Å². The number of hydrogen-bond donors (Lipinski definition) is 1. The van der Waals surface area contributed by atoms with E-state index in [1.807, 2.05) is 23.6 Å². The predicted molar refractivity (Wildman–Crippen MR) is 112 cm³/mol. The van der Waals surface area contributed by atoms with Crippen molar-refractivity contribution in [1.82, 2.24) is 9.88 Å². The Kier molecular flexibility index (Phi) is 6.53. The monoisotopic (exact) mass is 435 g/mol. The van der Waals surface area contributed by atoms with Crippen molar-refractivity contribution >= 4 is 40.0 Å². The van der Waals surface area contributed by atoms with Crippen LogP contribution in [-0.4, -0.2) is 72.7 Å². The molecule has 1 saturated heterocycles. The number of amides is 2. The molecule has 1 N–H and O–H groups in total. The van der Waals surface area contributed by atoms with E-state index in [0.29, 0.717) is 50.4 Å². The number of aromatic nitrogens is 1. The van der Waals surface area contributed by atoms with E-state index in [0.717, 1.165) is 17.0 Å². The Hall–Kier alpha value is -2.30. The summed E-state index contributed by atoms with van der Waals surface area (Å²) in [5, 5.41) is 5.21. The van der Waals surface area contributed by atoms with E-state index in [-0.39, 0.29) is 23.3 Å². The minimum absolute atomic E-state index is 0.0428. The lowest BCUT2D eigenvalue weighted by Gasteiger charge is -2.26. The molecular weight excluding hydrogens is 414 g/mol. The summed E-state index contributed by atoms with van der Waals surface area (Å²) in [6.45, 7) is 3.47. The second-order valence-corrected chi connectivity index (χ2v) is 8.27. The molecule has 4 rings (SSSR count). The molecule has 0 aliphatic carbocycles. The number of benzene rings is 1. The summed E-state index contributed by atoms with van der Waals surface area (Å²) in [5.41, 5.74) is 1.66. The third-order valence-corrected chi connectivity index (χ3v) is 6.09. The maximum atomic E-state index is 12.2. The van der Waals surface area contributed by atoms with E-state index in [1.165, 1.54) is 23.1 Å². The van der Waals surface area contributed by atoms with Crippen molar-refractivity contribution in [3.8, 4) is 22.8 Å². The standard InChI is InChI=1S/C19H21N3O5S2/c23-17(11-28-12-18(24)22-3-5-25-6-4-22)21-19-20-14(10-29-19)13-1-2-15-16(9-13)27-8-7-26-15/h1-2,9-10H,3-8,11-12H2,(H,20,21,23). The third-order valence-electron chi connectivity index (χ3n) is 4.41. The van der Waals surface area contributed by atoms with Gasteiger partial charge in [-0.15, -0.1) is 23.1 Å². The molecular formula is C19H21N3O5S2. The van der Waals surface area contributed by atoms with Gasteiger partial charge in [-0.3, -0.25) is 9.59 Å². The maximum Gasteiger partial charge on any atom is 0.236 e. The lowest BCUT2D eigenvalue weighted by atomic mass is 10.1. The molecule has 0 saturated carbocycles. The van der Waals surface area contributed by atoms with Crippen molar-refractivity contribution < 1.29 is 23.8 Å². The first-order valence-corrected chi connectivity index (χ1v) is 11.3. The summed E-state index contributed by atoms with van der Waals surface area (Å²) >= 11 is 2.66. The Morgan fingerprint density at radius 1 is 1.10 bits per heavy atom. The molecule has 0 radical (unpaired) electrons. The molecule has 154 valence electrons. The van der Waals surface area contributed by atoms with Gasteiger partial charge >= 0.3 is 0 Å². The van der Waals surface area contributed by atoms with Crippen molar-refractivity contribution in [3.63, 3.8) is 0 Å². The van der Waals surface area contributed by atoms with Crippen molar-refractivity contribution in [1.29, 1.82) is 0 Å². The zero-order chi connectivity index (χ0) is 20.1. The van der Waals surface area contributed by atoms with Crippen LogP contribution in [0, 0.1) is 0 Å². The first-order valence-electron chi connectivity index (χ1n) is 9.28. The second-order valence-electron chi connectivity index (χ2n) is 6.43. The highest BCUT2D eigenvalue weighted by molar-refractivity contribution is 8.00. The van der Waals surface area contributed by atoms with E-state index >= 15 is 0 Å². The SMILES string of the molecule is O=C(CSCC(=O)N1CCOCC1)Nc1nc(-c2ccc3c(c2)OCCO3)cs1. The minimum atomic E-state index is -0.173. The number of carbonyl (C=O) groups is 2. The number of morpholine rings is 1. The average molecular weight is 436 g/mol. The number of rotatable bonds is 6. The Morgan fingerprint density at radius 2 is 1.90 bits per heavy atom. The summed E-state index contributed by atoms with van der Waals surface area (Å²) < 4.78 is 16.4. The smallest absolute Gasteiger partial charge is 0.236 e. The summed E-state index contributed by atoms with van der Waals surface area (Å²) in [4.78, 5) is 30.5. The van der Waals surface area contributed by atoms with E-state index in [1.54, 1.807) is 4.90 Å². The molecule has 10 heteroatoms. The Morgan fingerprint density at radius 3 is 2.72 bits per heavy atom. The van der Waals surface area contributed by atoms with Crippen molar-refractivity contribution in [3.05, 3.63) is 23.6 Å². The molecule has 2 aliphatic heterocycles. The summed E-state index contributed by atoms with van der Waals surface area (Å²) in [6.07, 6.45) is 0. The molecule has 0 spiro atoms. The zero-order valence-corrected chi connectivity index (χ0v) is 17.4. The van der Waals surface area contributed by atoms with Crippen LogP contribution in [0.5, 0.6) is 11.5 Å². The molecule has 0 unspecified atom stereocenters. The second kappa shape index (κ2) is 9.47. The van der Waals surface area contributed by atoms with Crippen LogP contribution in [0.15, 0.2) is 23.6 Å². The highest BCUT2D eigenvalue weighted by atomic mass is 32.2. The number of fused-ring (bicyclic) bond motifs is 1. The fourth-order valence-corrected chi connectivity index (χ4v) is 4.41. The number of nitrogens with zero attached hydrogens (tertiary/aromatic N) is 2. The van der Waals surface area contributed by atoms with Crippen LogP contribution < -0.4 is 14.8 Å². The highest BCUT2D eigenvalue weighted by Gasteiger charge is 2.18. The van der Waals surface area contributed by atoms with Gasteiger partial charge in [0.1, 0.15) is 13.2 Å². The first-order chi connectivity index (χ1) is 14.2. The molecule has 2 amide bonds.